The third-order valence-corrected chi connectivity index (χ3v) is 4.38. The molecule has 0 aromatic heterocycles. The molecule has 0 saturated carbocycles. The molecule has 3 rings (SSSR count). The van der Waals surface area contributed by atoms with Crippen LogP contribution in [0.1, 0.15) is 20.3 Å². The van der Waals surface area contributed by atoms with Gasteiger partial charge < -0.3 is 15.4 Å². The first-order valence-corrected chi connectivity index (χ1v) is 9.98. The number of amides is 2. The summed E-state index contributed by atoms with van der Waals surface area (Å²) in [6.07, 6.45) is 0.473. The van der Waals surface area contributed by atoms with Crippen LogP contribution in [0, 0.1) is 5.92 Å². The van der Waals surface area contributed by atoms with Gasteiger partial charge in [-0.3, -0.25) is 9.59 Å². The van der Waals surface area contributed by atoms with Gasteiger partial charge in [0.2, 0.25) is 5.91 Å². The first kappa shape index (κ1) is 21.1. The highest BCUT2D eigenvalue weighted by molar-refractivity contribution is 5.93. The van der Waals surface area contributed by atoms with Gasteiger partial charge in [-0.1, -0.05) is 62.4 Å². The summed E-state index contributed by atoms with van der Waals surface area (Å²) in [4.78, 5) is 24.1. The molecule has 0 radical (unpaired) electrons. The average molecular weight is 402 g/mol. The van der Waals surface area contributed by atoms with E-state index in [2.05, 4.69) is 10.6 Å². The normalized spacial score (nSPS) is 10.5. The number of carbonyl (C=O) groups is 2. The van der Waals surface area contributed by atoms with Crippen molar-refractivity contribution in [3.05, 3.63) is 78.9 Å². The standard InChI is InChI=1S/C25H26N2O3/c1-18(2)16-24(28)26-20-12-14-21(15-13-20)27-25(29)17-30-23-11-7-6-10-22(23)19-8-4-3-5-9-19/h3-15,18H,16-17H2,1-2H3,(H,26,28)(H,27,29). The average Bonchev–Trinajstić information content (AvgIpc) is 2.74. The van der Waals surface area contributed by atoms with E-state index in [9.17, 15) is 9.59 Å². The van der Waals surface area contributed by atoms with Crippen LogP contribution < -0.4 is 15.4 Å². The molecule has 154 valence electrons. The molecule has 30 heavy (non-hydrogen) atoms. The quantitative estimate of drug-likeness (QED) is 0.533. The second-order valence-corrected chi connectivity index (χ2v) is 7.42. The largest absolute Gasteiger partial charge is 0.483 e. The predicted octanol–water partition coefficient (Wildman–Crippen LogP) is 5.36. The molecule has 0 heterocycles. The van der Waals surface area contributed by atoms with Crippen molar-refractivity contribution in [2.45, 2.75) is 20.3 Å². The number of rotatable bonds is 8. The molecular weight excluding hydrogens is 376 g/mol. The van der Waals surface area contributed by atoms with Crippen LogP contribution in [0.2, 0.25) is 0 Å². The zero-order chi connectivity index (χ0) is 21.3. The second kappa shape index (κ2) is 10.3. The third-order valence-electron chi connectivity index (χ3n) is 4.38. The van der Waals surface area contributed by atoms with Gasteiger partial charge in [0.1, 0.15) is 5.75 Å². The zero-order valence-corrected chi connectivity index (χ0v) is 17.2. The van der Waals surface area contributed by atoms with Crippen molar-refractivity contribution >= 4 is 23.2 Å². The van der Waals surface area contributed by atoms with Crippen molar-refractivity contribution in [2.24, 2.45) is 5.92 Å². The summed E-state index contributed by atoms with van der Waals surface area (Å²) in [6, 6.07) is 24.6. The molecule has 0 aliphatic rings. The number of nitrogens with one attached hydrogen (secondary N) is 2. The first-order valence-electron chi connectivity index (χ1n) is 9.98. The Hall–Kier alpha value is -3.60. The van der Waals surface area contributed by atoms with Crippen LogP contribution in [0.5, 0.6) is 5.75 Å². The number of para-hydroxylation sites is 1. The molecule has 0 saturated heterocycles. The number of hydrogen-bond acceptors (Lipinski definition) is 3. The van der Waals surface area contributed by atoms with E-state index in [1.54, 1.807) is 24.3 Å². The summed E-state index contributed by atoms with van der Waals surface area (Å²) in [5.74, 6) is 0.680. The third kappa shape index (κ3) is 6.21. The predicted molar refractivity (Wildman–Crippen MR) is 121 cm³/mol. The highest BCUT2D eigenvalue weighted by atomic mass is 16.5. The lowest BCUT2D eigenvalue weighted by Gasteiger charge is -2.12. The minimum absolute atomic E-state index is 0.0210. The van der Waals surface area contributed by atoms with Crippen LogP contribution >= 0.6 is 0 Å². The number of benzene rings is 3. The van der Waals surface area contributed by atoms with Gasteiger partial charge in [0, 0.05) is 23.4 Å². The van der Waals surface area contributed by atoms with Gasteiger partial charge in [0.05, 0.1) is 0 Å². The van der Waals surface area contributed by atoms with Gasteiger partial charge in [-0.05, 0) is 41.8 Å². The Morgan fingerprint density at radius 1 is 0.767 bits per heavy atom. The lowest BCUT2D eigenvalue weighted by Crippen LogP contribution is -2.20. The Balaban J connectivity index is 1.55. The lowest BCUT2D eigenvalue weighted by molar-refractivity contribution is -0.118. The van der Waals surface area contributed by atoms with Crippen LogP contribution in [-0.4, -0.2) is 18.4 Å². The SMILES string of the molecule is CC(C)CC(=O)Nc1ccc(NC(=O)COc2ccccc2-c2ccccc2)cc1. The van der Waals surface area contributed by atoms with Gasteiger partial charge in [-0.2, -0.15) is 0 Å². The maximum atomic E-state index is 12.3. The molecule has 0 atom stereocenters. The monoisotopic (exact) mass is 402 g/mol. The first-order chi connectivity index (χ1) is 14.5. The molecule has 0 fully saturated rings. The summed E-state index contributed by atoms with van der Waals surface area (Å²) in [5.41, 5.74) is 3.31. The molecule has 5 nitrogen and oxygen atoms in total. The van der Waals surface area contributed by atoms with Crippen molar-refractivity contribution in [3.63, 3.8) is 0 Å². The molecule has 3 aromatic carbocycles. The summed E-state index contributed by atoms with van der Waals surface area (Å²) in [6.45, 7) is 3.90. The number of anilines is 2. The fourth-order valence-electron chi connectivity index (χ4n) is 3.01. The number of carbonyl (C=O) groups excluding carboxylic acids is 2. The lowest BCUT2D eigenvalue weighted by atomic mass is 10.1. The van der Waals surface area contributed by atoms with Gasteiger partial charge in [0.25, 0.3) is 5.91 Å². The smallest absolute Gasteiger partial charge is 0.262 e. The molecule has 3 aromatic rings. The number of ether oxygens (including phenoxy) is 1. The molecule has 0 aliphatic carbocycles. The minimum Gasteiger partial charge on any atom is -0.483 e. The van der Waals surface area contributed by atoms with E-state index in [-0.39, 0.29) is 18.4 Å². The van der Waals surface area contributed by atoms with Crippen molar-refractivity contribution in [2.75, 3.05) is 17.2 Å². The van der Waals surface area contributed by atoms with Gasteiger partial charge in [-0.15, -0.1) is 0 Å². The van der Waals surface area contributed by atoms with Gasteiger partial charge in [0.15, 0.2) is 6.61 Å². The zero-order valence-electron chi connectivity index (χ0n) is 17.2. The Bertz CT molecular complexity index is 983. The van der Waals surface area contributed by atoms with E-state index in [4.69, 9.17) is 4.74 Å². The van der Waals surface area contributed by atoms with Crippen LogP contribution in [0.4, 0.5) is 11.4 Å². The molecular formula is C25H26N2O3. The van der Waals surface area contributed by atoms with E-state index in [1.807, 2.05) is 68.4 Å². The van der Waals surface area contributed by atoms with E-state index in [0.717, 1.165) is 11.1 Å². The summed E-state index contributed by atoms with van der Waals surface area (Å²) in [5, 5.41) is 5.65. The van der Waals surface area contributed by atoms with E-state index in [1.165, 1.54) is 0 Å². The van der Waals surface area contributed by atoms with Crippen LogP contribution in [0.25, 0.3) is 11.1 Å². The van der Waals surface area contributed by atoms with Gasteiger partial charge in [-0.25, -0.2) is 0 Å². The Morgan fingerprint density at radius 2 is 1.33 bits per heavy atom. The molecule has 0 spiro atoms. The fourth-order valence-corrected chi connectivity index (χ4v) is 3.01. The van der Waals surface area contributed by atoms with Crippen LogP contribution in [0.15, 0.2) is 78.9 Å². The van der Waals surface area contributed by atoms with Crippen molar-refractivity contribution in [1.29, 1.82) is 0 Å². The highest BCUT2D eigenvalue weighted by Gasteiger charge is 2.09. The summed E-state index contributed by atoms with van der Waals surface area (Å²) >= 11 is 0. The molecule has 0 aliphatic heterocycles. The molecule has 0 bridgehead atoms. The van der Waals surface area contributed by atoms with Gasteiger partial charge >= 0.3 is 0 Å². The Kier molecular flexibility index (Phi) is 7.22. The van der Waals surface area contributed by atoms with E-state index >= 15 is 0 Å². The van der Waals surface area contributed by atoms with Crippen molar-refractivity contribution in [3.8, 4) is 16.9 Å². The second-order valence-electron chi connectivity index (χ2n) is 7.42. The van der Waals surface area contributed by atoms with Crippen LogP contribution in [-0.2, 0) is 9.59 Å². The Labute approximate surface area is 177 Å². The van der Waals surface area contributed by atoms with E-state index in [0.29, 0.717) is 29.5 Å². The summed E-state index contributed by atoms with van der Waals surface area (Å²) < 4.78 is 5.77. The molecule has 2 amide bonds. The number of hydrogen-bond donors (Lipinski definition) is 2. The van der Waals surface area contributed by atoms with E-state index < -0.39 is 0 Å². The summed E-state index contributed by atoms with van der Waals surface area (Å²) in [7, 11) is 0. The molecule has 2 N–H and O–H groups in total. The fraction of sp³-hybridized carbons (Fsp3) is 0.200. The van der Waals surface area contributed by atoms with Crippen molar-refractivity contribution in [1.82, 2.24) is 0 Å². The highest BCUT2D eigenvalue weighted by Crippen LogP contribution is 2.29. The molecule has 0 unspecified atom stereocenters. The molecule has 5 heteroatoms. The Morgan fingerprint density at radius 3 is 1.97 bits per heavy atom. The maximum absolute atomic E-state index is 12.3. The van der Waals surface area contributed by atoms with Crippen molar-refractivity contribution < 1.29 is 14.3 Å². The maximum Gasteiger partial charge on any atom is 0.262 e. The topological polar surface area (TPSA) is 67.4 Å². The van der Waals surface area contributed by atoms with Crippen LogP contribution in [0.3, 0.4) is 0 Å². The minimum atomic E-state index is -0.255.